The first-order valence-electron chi connectivity index (χ1n) is 10.5. The highest BCUT2D eigenvalue weighted by molar-refractivity contribution is 5.75. The maximum absolute atomic E-state index is 11.0. The summed E-state index contributed by atoms with van der Waals surface area (Å²) in [5.41, 5.74) is 2.77. The maximum atomic E-state index is 11.0. The number of Topliss-reactive ketones (excluding diaryl/α,β-unsaturated/α-hetero) is 1. The standard InChI is InChI=1S/C22H36N2O.C2H2/c1-19-10-12-21(13-11-19)17-22(18-24-15-7-8-16-24)23-14-6-4-3-5-9-20(2)25;1-2/h10-13,22-23H,3-9,14-18H2,1-2H3;1-2H. The minimum absolute atomic E-state index is 0.321. The summed E-state index contributed by atoms with van der Waals surface area (Å²) in [6.45, 7) is 8.61. The number of hydrogen-bond acceptors (Lipinski definition) is 3. The summed E-state index contributed by atoms with van der Waals surface area (Å²) < 4.78 is 0. The van der Waals surface area contributed by atoms with Gasteiger partial charge in [0.05, 0.1) is 0 Å². The van der Waals surface area contributed by atoms with Crippen molar-refractivity contribution in [2.24, 2.45) is 0 Å². The third-order valence-electron chi connectivity index (χ3n) is 5.17. The van der Waals surface area contributed by atoms with E-state index in [-0.39, 0.29) is 0 Å². The number of nitrogens with one attached hydrogen (secondary N) is 1. The smallest absolute Gasteiger partial charge is 0.129 e. The highest BCUT2D eigenvalue weighted by Gasteiger charge is 2.17. The van der Waals surface area contributed by atoms with Crippen LogP contribution in [0, 0.1) is 19.8 Å². The van der Waals surface area contributed by atoms with E-state index in [0.717, 1.165) is 32.4 Å². The van der Waals surface area contributed by atoms with Gasteiger partial charge in [0.1, 0.15) is 5.78 Å². The van der Waals surface area contributed by atoms with Crippen LogP contribution in [0.2, 0.25) is 0 Å². The van der Waals surface area contributed by atoms with Crippen LogP contribution in [-0.2, 0) is 11.2 Å². The van der Waals surface area contributed by atoms with Crippen molar-refractivity contribution < 1.29 is 4.79 Å². The van der Waals surface area contributed by atoms with Crippen molar-refractivity contribution >= 4 is 5.78 Å². The van der Waals surface area contributed by atoms with Crippen LogP contribution in [0.4, 0.5) is 0 Å². The number of nitrogens with zero attached hydrogens (tertiary/aromatic N) is 1. The molecule has 3 heteroatoms. The summed E-state index contributed by atoms with van der Waals surface area (Å²) in [6, 6.07) is 9.53. The SMILES string of the molecule is C#C.CC(=O)CCCCCCNC(Cc1ccc(C)cc1)CN1CCCC1. The number of carbonyl (C=O) groups excluding carboxylic acids is 1. The van der Waals surface area contributed by atoms with E-state index in [0.29, 0.717) is 11.8 Å². The Morgan fingerprint density at radius 1 is 1.07 bits per heavy atom. The van der Waals surface area contributed by atoms with E-state index in [1.54, 1.807) is 6.92 Å². The molecule has 0 bridgehead atoms. The van der Waals surface area contributed by atoms with Gasteiger partial charge in [-0.05, 0) is 71.1 Å². The molecule has 1 heterocycles. The largest absolute Gasteiger partial charge is 0.312 e. The van der Waals surface area contributed by atoms with Crippen molar-refractivity contribution in [2.75, 3.05) is 26.2 Å². The van der Waals surface area contributed by atoms with Crippen LogP contribution in [0.25, 0.3) is 0 Å². The fourth-order valence-corrected chi connectivity index (χ4v) is 3.65. The minimum Gasteiger partial charge on any atom is -0.312 e. The highest BCUT2D eigenvalue weighted by atomic mass is 16.1. The molecule has 0 radical (unpaired) electrons. The lowest BCUT2D eigenvalue weighted by atomic mass is 10.0. The zero-order chi connectivity index (χ0) is 19.9. The Morgan fingerprint density at radius 2 is 1.70 bits per heavy atom. The lowest BCUT2D eigenvalue weighted by molar-refractivity contribution is -0.117. The molecule has 1 saturated heterocycles. The zero-order valence-corrected chi connectivity index (χ0v) is 17.4. The van der Waals surface area contributed by atoms with Gasteiger partial charge >= 0.3 is 0 Å². The van der Waals surface area contributed by atoms with Gasteiger partial charge < -0.3 is 15.0 Å². The van der Waals surface area contributed by atoms with E-state index in [9.17, 15) is 4.79 Å². The van der Waals surface area contributed by atoms with Crippen LogP contribution in [0.5, 0.6) is 0 Å². The average Bonchev–Trinajstić information content (AvgIpc) is 3.17. The first-order valence-corrected chi connectivity index (χ1v) is 10.5. The van der Waals surface area contributed by atoms with Gasteiger partial charge in [-0.25, -0.2) is 0 Å². The molecular formula is C24H38N2O. The van der Waals surface area contributed by atoms with Crippen molar-refractivity contribution in [3.05, 3.63) is 35.4 Å². The Bertz CT molecular complexity index is 529. The second-order valence-corrected chi connectivity index (χ2v) is 7.71. The molecule has 1 aromatic carbocycles. The predicted molar refractivity (Wildman–Crippen MR) is 116 cm³/mol. The Balaban J connectivity index is 0.00000176. The fraction of sp³-hybridized carbons (Fsp3) is 0.625. The van der Waals surface area contributed by atoms with Gasteiger partial charge in [-0.1, -0.05) is 42.7 Å². The van der Waals surface area contributed by atoms with E-state index in [2.05, 4.69) is 54.3 Å². The van der Waals surface area contributed by atoms with Crippen molar-refractivity contribution in [1.82, 2.24) is 10.2 Å². The molecule has 3 nitrogen and oxygen atoms in total. The molecule has 27 heavy (non-hydrogen) atoms. The molecule has 1 fully saturated rings. The van der Waals surface area contributed by atoms with Crippen LogP contribution in [-0.4, -0.2) is 42.9 Å². The first-order chi connectivity index (χ1) is 13.1. The average molecular weight is 371 g/mol. The Hall–Kier alpha value is -1.63. The number of aryl methyl sites for hydroxylation is 1. The first kappa shape index (κ1) is 23.4. The quantitative estimate of drug-likeness (QED) is 0.438. The number of benzene rings is 1. The van der Waals surface area contributed by atoms with Crippen LogP contribution >= 0.6 is 0 Å². The molecule has 1 N–H and O–H groups in total. The molecule has 0 aliphatic carbocycles. The highest BCUT2D eigenvalue weighted by Crippen LogP contribution is 2.12. The van der Waals surface area contributed by atoms with Gasteiger partial charge in [0.15, 0.2) is 0 Å². The van der Waals surface area contributed by atoms with Crippen molar-refractivity contribution in [1.29, 1.82) is 0 Å². The summed E-state index contributed by atoms with van der Waals surface area (Å²) in [5.74, 6) is 0.321. The molecule has 1 atom stereocenters. The number of hydrogen-bond donors (Lipinski definition) is 1. The third-order valence-corrected chi connectivity index (χ3v) is 5.17. The van der Waals surface area contributed by atoms with Crippen molar-refractivity contribution in [3.8, 4) is 12.8 Å². The molecule has 1 aromatic rings. The van der Waals surface area contributed by atoms with Crippen LogP contribution in [0.1, 0.15) is 63.0 Å². The minimum atomic E-state index is 0.321. The number of ketones is 1. The van der Waals surface area contributed by atoms with Crippen molar-refractivity contribution in [3.63, 3.8) is 0 Å². The third kappa shape index (κ3) is 11.0. The molecule has 0 amide bonds. The number of terminal acetylenes is 1. The van der Waals surface area contributed by atoms with Gasteiger partial charge in [-0.15, -0.1) is 12.8 Å². The Morgan fingerprint density at radius 3 is 2.33 bits per heavy atom. The summed E-state index contributed by atoms with van der Waals surface area (Å²) in [4.78, 5) is 13.6. The molecule has 0 spiro atoms. The Labute approximate surface area is 166 Å². The van der Waals surface area contributed by atoms with E-state index in [1.807, 2.05) is 0 Å². The second-order valence-electron chi connectivity index (χ2n) is 7.71. The fourth-order valence-electron chi connectivity index (χ4n) is 3.65. The van der Waals surface area contributed by atoms with Crippen LogP contribution in [0.3, 0.4) is 0 Å². The number of carbonyl (C=O) groups is 1. The van der Waals surface area contributed by atoms with E-state index >= 15 is 0 Å². The number of likely N-dealkylation sites (tertiary alicyclic amines) is 1. The molecule has 2 rings (SSSR count). The lowest BCUT2D eigenvalue weighted by Crippen LogP contribution is -2.42. The topological polar surface area (TPSA) is 32.3 Å². The molecule has 0 aromatic heterocycles. The summed E-state index contributed by atoms with van der Waals surface area (Å²) in [5, 5.41) is 3.80. The van der Waals surface area contributed by atoms with E-state index < -0.39 is 0 Å². The normalized spacial score (nSPS) is 15.1. The van der Waals surface area contributed by atoms with Gasteiger partial charge in [0, 0.05) is 19.0 Å². The van der Waals surface area contributed by atoms with Crippen LogP contribution in [0.15, 0.2) is 24.3 Å². The van der Waals surface area contributed by atoms with Gasteiger partial charge in [0.25, 0.3) is 0 Å². The monoisotopic (exact) mass is 370 g/mol. The number of rotatable bonds is 12. The van der Waals surface area contributed by atoms with Crippen LogP contribution < -0.4 is 5.32 Å². The molecule has 1 aliphatic rings. The number of unbranched alkanes of at least 4 members (excludes halogenated alkanes) is 3. The summed E-state index contributed by atoms with van der Waals surface area (Å²) in [7, 11) is 0. The summed E-state index contributed by atoms with van der Waals surface area (Å²) in [6.07, 6.45) is 17.2. The van der Waals surface area contributed by atoms with E-state index in [4.69, 9.17) is 0 Å². The van der Waals surface area contributed by atoms with Gasteiger partial charge in [-0.3, -0.25) is 0 Å². The van der Waals surface area contributed by atoms with Crippen molar-refractivity contribution in [2.45, 2.75) is 71.3 Å². The molecule has 0 saturated carbocycles. The summed E-state index contributed by atoms with van der Waals surface area (Å²) >= 11 is 0. The molecular weight excluding hydrogens is 332 g/mol. The maximum Gasteiger partial charge on any atom is 0.129 e. The van der Waals surface area contributed by atoms with Gasteiger partial charge in [0.2, 0.25) is 0 Å². The Kier molecular flexibility index (Phi) is 12.5. The second kappa shape index (κ2) is 14.4. The molecule has 150 valence electrons. The lowest BCUT2D eigenvalue weighted by Gasteiger charge is -2.25. The van der Waals surface area contributed by atoms with E-state index in [1.165, 1.54) is 56.3 Å². The van der Waals surface area contributed by atoms with Gasteiger partial charge in [-0.2, -0.15) is 0 Å². The zero-order valence-electron chi connectivity index (χ0n) is 17.4. The molecule has 1 unspecified atom stereocenters. The molecule has 1 aliphatic heterocycles. The predicted octanol–water partition coefficient (Wildman–Crippen LogP) is 4.38.